The van der Waals surface area contributed by atoms with Gasteiger partial charge in [0.25, 0.3) is 11.6 Å². The van der Waals surface area contributed by atoms with Crippen LogP contribution < -0.4 is 10.2 Å². The van der Waals surface area contributed by atoms with E-state index in [1.54, 1.807) is 5.38 Å². The van der Waals surface area contributed by atoms with Crippen molar-refractivity contribution in [3.05, 3.63) is 54.6 Å². The molecule has 0 saturated carbocycles. The molecule has 3 N–H and O–H groups in total. The number of benzene rings is 1. The highest BCUT2D eigenvalue weighted by Gasteiger charge is 2.20. The summed E-state index contributed by atoms with van der Waals surface area (Å²) < 4.78 is 0. The number of aromatic amines is 1. The molecule has 1 amide bonds. The first-order valence-corrected chi connectivity index (χ1v) is 6.27. The molecule has 104 valence electrons. The second-order valence-electron chi connectivity index (χ2n) is 3.81. The lowest BCUT2D eigenvalue weighted by Crippen LogP contribution is -2.24. The van der Waals surface area contributed by atoms with Crippen LogP contribution in [0.15, 0.2) is 28.4 Å². The van der Waals surface area contributed by atoms with Gasteiger partial charge in [-0.1, -0.05) is 11.3 Å². The molecule has 0 unspecified atom stereocenters. The molecule has 0 fully saturated rings. The van der Waals surface area contributed by atoms with Crippen LogP contribution in [0, 0.1) is 10.1 Å². The van der Waals surface area contributed by atoms with Crippen LogP contribution in [0.2, 0.25) is 0 Å². The molecule has 0 saturated heterocycles. The number of nitrogens with zero attached hydrogens (tertiary/aromatic N) is 1. The van der Waals surface area contributed by atoms with Gasteiger partial charge in [0.05, 0.1) is 11.5 Å². The average molecular weight is 295 g/mol. The number of phenolic OH excluding ortho intramolecular Hbond substituents is 1. The summed E-state index contributed by atoms with van der Waals surface area (Å²) in [5.41, 5.74) is -0.150. The minimum Gasteiger partial charge on any atom is -0.508 e. The number of phenols is 1. The van der Waals surface area contributed by atoms with Gasteiger partial charge in [-0.15, -0.1) is 0 Å². The summed E-state index contributed by atoms with van der Waals surface area (Å²) in [7, 11) is 0. The predicted octanol–water partition coefficient (Wildman–Crippen LogP) is 0.980. The van der Waals surface area contributed by atoms with Gasteiger partial charge >= 0.3 is 4.87 Å². The summed E-state index contributed by atoms with van der Waals surface area (Å²) in [6, 6.07) is 3.20. The first kappa shape index (κ1) is 13.7. The third-order valence-corrected chi connectivity index (χ3v) is 3.15. The fraction of sp³-hybridized carbons (Fsp3) is 0.0909. The zero-order chi connectivity index (χ0) is 14.7. The Morgan fingerprint density at radius 1 is 1.50 bits per heavy atom. The number of hydrogen-bond donors (Lipinski definition) is 3. The molecular formula is C11H9N3O5S. The maximum atomic E-state index is 11.9. The number of rotatable bonds is 4. The van der Waals surface area contributed by atoms with Crippen LogP contribution in [0.3, 0.4) is 0 Å². The number of carbonyl (C=O) groups is 1. The number of H-pyrrole nitrogens is 1. The highest BCUT2D eigenvalue weighted by molar-refractivity contribution is 7.07. The number of aromatic hydroxyl groups is 1. The topological polar surface area (TPSA) is 125 Å². The van der Waals surface area contributed by atoms with Crippen molar-refractivity contribution in [3.8, 4) is 5.75 Å². The summed E-state index contributed by atoms with van der Waals surface area (Å²) in [5.74, 6) is -0.954. The SMILES string of the molecule is O=C(NCc1csc(=O)[nH]1)c1cc(O)ccc1[N+](=O)[O-]. The Hall–Kier alpha value is -2.68. The number of carbonyl (C=O) groups excluding carboxylic acids is 1. The quantitative estimate of drug-likeness (QED) is 0.572. The van der Waals surface area contributed by atoms with Crippen LogP contribution >= 0.6 is 11.3 Å². The molecule has 20 heavy (non-hydrogen) atoms. The molecule has 0 atom stereocenters. The van der Waals surface area contributed by atoms with E-state index in [1.165, 1.54) is 0 Å². The van der Waals surface area contributed by atoms with Gasteiger partial charge in [-0.2, -0.15) is 0 Å². The minimum atomic E-state index is -0.709. The molecule has 0 aliphatic heterocycles. The van der Waals surface area contributed by atoms with Gasteiger partial charge in [0.1, 0.15) is 11.3 Å². The number of amides is 1. The van der Waals surface area contributed by atoms with Gasteiger partial charge in [0.2, 0.25) is 0 Å². The normalized spacial score (nSPS) is 10.2. The van der Waals surface area contributed by atoms with E-state index in [-0.39, 0.29) is 22.7 Å². The average Bonchev–Trinajstić information content (AvgIpc) is 2.81. The Morgan fingerprint density at radius 2 is 2.25 bits per heavy atom. The monoisotopic (exact) mass is 295 g/mol. The summed E-state index contributed by atoms with van der Waals surface area (Å²) in [4.78, 5) is 35.2. The number of aromatic nitrogens is 1. The molecule has 8 nitrogen and oxygen atoms in total. The van der Waals surface area contributed by atoms with Crippen LogP contribution in [-0.4, -0.2) is 20.9 Å². The summed E-state index contributed by atoms with van der Waals surface area (Å²) >= 11 is 0.952. The van der Waals surface area contributed by atoms with E-state index < -0.39 is 16.5 Å². The number of thiazole rings is 1. The van der Waals surface area contributed by atoms with E-state index in [0.717, 1.165) is 29.5 Å². The Bertz CT molecular complexity index is 721. The van der Waals surface area contributed by atoms with E-state index in [9.17, 15) is 24.8 Å². The summed E-state index contributed by atoms with van der Waals surface area (Å²) in [6.07, 6.45) is 0. The van der Waals surface area contributed by atoms with Crippen molar-refractivity contribution in [2.24, 2.45) is 0 Å². The number of nitro benzene ring substituents is 1. The standard InChI is InChI=1S/C11H9N3O5S/c15-7-1-2-9(14(18)19)8(3-7)10(16)12-4-6-5-20-11(17)13-6/h1-3,5,15H,4H2,(H,12,16)(H,13,17). The third-order valence-electron chi connectivity index (χ3n) is 2.43. The van der Waals surface area contributed by atoms with E-state index in [4.69, 9.17) is 0 Å². The lowest BCUT2D eigenvalue weighted by Gasteiger charge is -2.05. The maximum absolute atomic E-state index is 11.9. The maximum Gasteiger partial charge on any atom is 0.304 e. The van der Waals surface area contributed by atoms with Gasteiger partial charge in [-0.25, -0.2) is 0 Å². The summed E-state index contributed by atoms with van der Waals surface area (Å²) in [6.45, 7) is 0.0321. The van der Waals surface area contributed by atoms with Gasteiger partial charge in [-0.05, 0) is 12.1 Å². The molecule has 1 heterocycles. The van der Waals surface area contributed by atoms with Crippen molar-refractivity contribution in [1.29, 1.82) is 0 Å². The van der Waals surface area contributed by atoms with Crippen molar-refractivity contribution in [1.82, 2.24) is 10.3 Å². The molecule has 1 aromatic heterocycles. The fourth-order valence-electron chi connectivity index (χ4n) is 1.54. The van der Waals surface area contributed by atoms with E-state index >= 15 is 0 Å². The van der Waals surface area contributed by atoms with Crippen molar-refractivity contribution in [2.45, 2.75) is 6.54 Å². The number of nitro groups is 1. The van der Waals surface area contributed by atoms with Crippen molar-refractivity contribution < 1.29 is 14.8 Å². The lowest BCUT2D eigenvalue weighted by molar-refractivity contribution is -0.385. The highest BCUT2D eigenvalue weighted by atomic mass is 32.1. The second kappa shape index (κ2) is 5.53. The molecule has 0 bridgehead atoms. The second-order valence-corrected chi connectivity index (χ2v) is 4.66. The smallest absolute Gasteiger partial charge is 0.304 e. The summed E-state index contributed by atoms with van der Waals surface area (Å²) in [5, 5.41) is 24.1. The van der Waals surface area contributed by atoms with Crippen molar-refractivity contribution in [3.63, 3.8) is 0 Å². The molecule has 1 aromatic carbocycles. The molecule has 0 radical (unpaired) electrons. The van der Waals surface area contributed by atoms with Gasteiger partial charge in [0.15, 0.2) is 0 Å². The molecule has 2 rings (SSSR count). The molecule has 0 aliphatic rings. The van der Waals surface area contributed by atoms with E-state index in [2.05, 4.69) is 10.3 Å². The Kier molecular flexibility index (Phi) is 3.80. The molecule has 0 spiro atoms. The highest BCUT2D eigenvalue weighted by Crippen LogP contribution is 2.23. The Morgan fingerprint density at radius 3 is 2.85 bits per heavy atom. The first-order valence-electron chi connectivity index (χ1n) is 5.39. The largest absolute Gasteiger partial charge is 0.508 e. The van der Waals surface area contributed by atoms with Gasteiger partial charge < -0.3 is 15.4 Å². The van der Waals surface area contributed by atoms with E-state index in [0.29, 0.717) is 5.69 Å². The Labute approximate surface area is 115 Å². The molecule has 2 aromatic rings. The Balaban J connectivity index is 2.18. The molecular weight excluding hydrogens is 286 g/mol. The van der Waals surface area contributed by atoms with Crippen LogP contribution in [-0.2, 0) is 6.54 Å². The van der Waals surface area contributed by atoms with Crippen LogP contribution in [0.5, 0.6) is 5.75 Å². The zero-order valence-electron chi connectivity index (χ0n) is 9.95. The van der Waals surface area contributed by atoms with Crippen molar-refractivity contribution >= 4 is 22.9 Å². The fourth-order valence-corrected chi connectivity index (χ4v) is 2.12. The van der Waals surface area contributed by atoms with Crippen LogP contribution in [0.1, 0.15) is 16.1 Å². The van der Waals surface area contributed by atoms with Crippen LogP contribution in [0.25, 0.3) is 0 Å². The lowest BCUT2D eigenvalue weighted by atomic mass is 10.1. The zero-order valence-corrected chi connectivity index (χ0v) is 10.8. The third kappa shape index (κ3) is 3.01. The van der Waals surface area contributed by atoms with Crippen molar-refractivity contribution in [2.75, 3.05) is 0 Å². The van der Waals surface area contributed by atoms with E-state index in [1.807, 2.05) is 0 Å². The number of hydrogen-bond acceptors (Lipinski definition) is 6. The number of nitrogens with one attached hydrogen (secondary N) is 2. The van der Waals surface area contributed by atoms with Gasteiger partial charge in [0, 0.05) is 17.1 Å². The van der Waals surface area contributed by atoms with Crippen LogP contribution in [0.4, 0.5) is 5.69 Å². The molecule has 0 aliphatic carbocycles. The predicted molar refractivity (Wildman–Crippen MR) is 70.9 cm³/mol. The first-order chi connectivity index (χ1) is 9.47. The minimum absolute atomic E-state index is 0.0321. The van der Waals surface area contributed by atoms with Gasteiger partial charge in [-0.3, -0.25) is 19.7 Å². The molecule has 9 heteroatoms.